The molecule has 0 spiro atoms. The van der Waals surface area contributed by atoms with Crippen molar-refractivity contribution in [3.05, 3.63) is 0 Å². The molecule has 0 rings (SSSR count). The van der Waals surface area contributed by atoms with Gasteiger partial charge in [0, 0.05) is 12.3 Å². The summed E-state index contributed by atoms with van der Waals surface area (Å²) in [6.45, 7) is 0. The van der Waals surface area contributed by atoms with Gasteiger partial charge in [0.2, 0.25) is 0 Å². The zero-order valence-electron chi connectivity index (χ0n) is 7.71. The van der Waals surface area contributed by atoms with Crippen LogP contribution in [-0.4, -0.2) is 22.8 Å². The minimum absolute atomic E-state index is 0.208. The maximum absolute atomic E-state index is 12.4. The van der Waals surface area contributed by atoms with Gasteiger partial charge in [-0.15, -0.1) is 11.6 Å². The van der Waals surface area contributed by atoms with E-state index in [1.807, 2.05) is 0 Å². The standard InChI is InChI=1S/C8H10ClF5S/c9-5-1-2-6(15)3-4-7(10,11)8(12,13)14/h1-5H2. The van der Waals surface area contributed by atoms with Crippen molar-refractivity contribution in [3.8, 4) is 0 Å². The van der Waals surface area contributed by atoms with E-state index in [-0.39, 0.29) is 4.86 Å². The van der Waals surface area contributed by atoms with Gasteiger partial charge in [-0.05, 0) is 24.1 Å². The number of halogens is 6. The van der Waals surface area contributed by atoms with Crippen LogP contribution in [0.3, 0.4) is 0 Å². The summed E-state index contributed by atoms with van der Waals surface area (Å²) in [5.41, 5.74) is 0. The number of alkyl halides is 6. The molecule has 15 heavy (non-hydrogen) atoms. The van der Waals surface area contributed by atoms with Crippen LogP contribution < -0.4 is 0 Å². The summed E-state index contributed by atoms with van der Waals surface area (Å²) < 4.78 is 60.0. The van der Waals surface area contributed by atoms with Crippen molar-refractivity contribution in [3.63, 3.8) is 0 Å². The lowest BCUT2D eigenvalue weighted by atomic mass is 10.1. The second-order valence-corrected chi connectivity index (χ2v) is 3.99. The Kier molecular flexibility index (Phi) is 5.95. The Balaban J connectivity index is 3.99. The Morgan fingerprint density at radius 2 is 1.60 bits per heavy atom. The Hall–Kier alpha value is 0.0300. The smallest absolute Gasteiger partial charge is 0.196 e. The molecule has 0 heterocycles. The zero-order valence-corrected chi connectivity index (χ0v) is 9.28. The summed E-state index contributed by atoms with van der Waals surface area (Å²) in [4.78, 5) is 0.208. The quantitative estimate of drug-likeness (QED) is 0.392. The predicted molar refractivity (Wildman–Crippen MR) is 52.8 cm³/mol. The minimum Gasteiger partial charge on any atom is -0.196 e. The van der Waals surface area contributed by atoms with Gasteiger partial charge in [0.15, 0.2) is 0 Å². The molecule has 0 unspecified atom stereocenters. The highest BCUT2D eigenvalue weighted by Crippen LogP contribution is 2.38. The monoisotopic (exact) mass is 268 g/mol. The van der Waals surface area contributed by atoms with Gasteiger partial charge < -0.3 is 0 Å². The van der Waals surface area contributed by atoms with Crippen LogP contribution in [0.5, 0.6) is 0 Å². The Morgan fingerprint density at radius 3 is 2.00 bits per heavy atom. The number of rotatable bonds is 6. The minimum atomic E-state index is -5.49. The van der Waals surface area contributed by atoms with Crippen LogP contribution >= 0.6 is 23.8 Å². The van der Waals surface area contributed by atoms with Crippen molar-refractivity contribution >= 4 is 28.7 Å². The van der Waals surface area contributed by atoms with Crippen molar-refractivity contribution in [2.45, 2.75) is 37.8 Å². The molecule has 0 nitrogen and oxygen atoms in total. The summed E-state index contributed by atoms with van der Waals surface area (Å²) in [5.74, 6) is -4.34. The molecule has 0 saturated carbocycles. The summed E-state index contributed by atoms with van der Waals surface area (Å²) in [5, 5.41) is 0. The first-order valence-electron chi connectivity index (χ1n) is 4.23. The first-order chi connectivity index (χ1) is 6.70. The van der Waals surface area contributed by atoms with Crippen molar-refractivity contribution < 1.29 is 22.0 Å². The Morgan fingerprint density at radius 1 is 1.07 bits per heavy atom. The largest absolute Gasteiger partial charge is 0.453 e. The fourth-order valence-electron chi connectivity index (χ4n) is 0.827. The molecule has 0 aliphatic rings. The molecule has 0 N–H and O–H groups in total. The van der Waals surface area contributed by atoms with E-state index >= 15 is 0 Å². The lowest BCUT2D eigenvalue weighted by molar-refractivity contribution is -0.283. The molecule has 0 aliphatic heterocycles. The average Bonchev–Trinajstić information content (AvgIpc) is 2.09. The first kappa shape index (κ1) is 15.0. The van der Waals surface area contributed by atoms with E-state index in [4.69, 9.17) is 11.6 Å². The SMILES string of the molecule is FC(F)(F)C(F)(F)CCC(=S)CCCCl. The fraction of sp³-hybridized carbons (Fsp3) is 0.875. The molecular weight excluding hydrogens is 259 g/mol. The highest BCUT2D eigenvalue weighted by atomic mass is 35.5. The average molecular weight is 269 g/mol. The molecule has 0 atom stereocenters. The molecule has 0 radical (unpaired) electrons. The first-order valence-corrected chi connectivity index (χ1v) is 5.17. The van der Waals surface area contributed by atoms with Crippen LogP contribution in [0.4, 0.5) is 22.0 Å². The molecule has 7 heteroatoms. The zero-order chi connectivity index (χ0) is 12.1. The van der Waals surface area contributed by atoms with E-state index in [1.54, 1.807) is 0 Å². The second-order valence-electron chi connectivity index (χ2n) is 3.03. The maximum Gasteiger partial charge on any atom is 0.453 e. The van der Waals surface area contributed by atoms with Gasteiger partial charge in [0.25, 0.3) is 0 Å². The van der Waals surface area contributed by atoms with Crippen LogP contribution in [0.25, 0.3) is 0 Å². The van der Waals surface area contributed by atoms with Crippen LogP contribution in [0.2, 0.25) is 0 Å². The van der Waals surface area contributed by atoms with Crippen molar-refractivity contribution in [2.75, 3.05) is 5.88 Å². The van der Waals surface area contributed by atoms with Gasteiger partial charge in [-0.3, -0.25) is 0 Å². The van der Waals surface area contributed by atoms with E-state index < -0.39 is 24.9 Å². The summed E-state index contributed by atoms with van der Waals surface area (Å²) in [6.07, 6.45) is -6.36. The van der Waals surface area contributed by atoms with E-state index in [0.717, 1.165) is 0 Å². The van der Waals surface area contributed by atoms with E-state index in [9.17, 15) is 22.0 Å². The summed E-state index contributed by atoms with van der Waals surface area (Å²) in [6, 6.07) is 0. The topological polar surface area (TPSA) is 0 Å². The van der Waals surface area contributed by atoms with E-state index in [1.165, 1.54) is 0 Å². The highest BCUT2D eigenvalue weighted by Gasteiger charge is 2.56. The third-order valence-corrected chi connectivity index (χ3v) is 2.40. The Bertz CT molecular complexity index is 214. The molecule has 0 amide bonds. The van der Waals surface area contributed by atoms with Crippen LogP contribution in [0.15, 0.2) is 0 Å². The fourth-order valence-corrected chi connectivity index (χ4v) is 1.21. The number of hydrogen-bond acceptors (Lipinski definition) is 1. The van der Waals surface area contributed by atoms with Gasteiger partial charge in [0.1, 0.15) is 0 Å². The van der Waals surface area contributed by atoms with E-state index in [0.29, 0.717) is 18.7 Å². The third-order valence-electron chi connectivity index (χ3n) is 1.72. The van der Waals surface area contributed by atoms with Gasteiger partial charge in [-0.2, -0.15) is 22.0 Å². The molecule has 0 aliphatic carbocycles. The summed E-state index contributed by atoms with van der Waals surface area (Å²) in [7, 11) is 0. The summed E-state index contributed by atoms with van der Waals surface area (Å²) >= 11 is 9.97. The van der Waals surface area contributed by atoms with Crippen LogP contribution in [-0.2, 0) is 0 Å². The Labute approximate surface area is 94.8 Å². The second kappa shape index (κ2) is 5.94. The van der Waals surface area contributed by atoms with E-state index in [2.05, 4.69) is 12.2 Å². The molecule has 0 fully saturated rings. The van der Waals surface area contributed by atoms with Gasteiger partial charge in [-0.25, -0.2) is 0 Å². The normalized spacial score (nSPS) is 12.9. The number of hydrogen-bond donors (Lipinski definition) is 0. The van der Waals surface area contributed by atoms with Gasteiger partial charge >= 0.3 is 12.1 Å². The van der Waals surface area contributed by atoms with Crippen molar-refractivity contribution in [2.24, 2.45) is 0 Å². The maximum atomic E-state index is 12.4. The lowest BCUT2D eigenvalue weighted by Gasteiger charge is -2.19. The van der Waals surface area contributed by atoms with Gasteiger partial charge in [0.05, 0.1) is 0 Å². The molecule has 0 aromatic carbocycles. The highest BCUT2D eigenvalue weighted by molar-refractivity contribution is 7.80. The molecule has 90 valence electrons. The predicted octanol–water partition coefficient (Wildman–Crippen LogP) is 4.35. The molecule has 0 aromatic rings. The molecule has 0 saturated heterocycles. The van der Waals surface area contributed by atoms with Crippen molar-refractivity contribution in [1.82, 2.24) is 0 Å². The molecule has 0 bridgehead atoms. The van der Waals surface area contributed by atoms with Crippen LogP contribution in [0, 0.1) is 0 Å². The lowest BCUT2D eigenvalue weighted by Crippen LogP contribution is -2.36. The van der Waals surface area contributed by atoms with Crippen LogP contribution in [0.1, 0.15) is 25.7 Å². The molecular formula is C8H10ClF5S. The van der Waals surface area contributed by atoms with Crippen molar-refractivity contribution in [1.29, 1.82) is 0 Å². The third kappa shape index (κ3) is 5.61. The number of thiocarbonyl (C=S) groups is 1. The molecule has 0 aromatic heterocycles. The van der Waals surface area contributed by atoms with Gasteiger partial charge in [-0.1, -0.05) is 12.2 Å².